The zero-order chi connectivity index (χ0) is 22.9. The fourth-order valence-corrected chi connectivity index (χ4v) is 4.61. The summed E-state index contributed by atoms with van der Waals surface area (Å²) in [4.78, 5) is 24.2. The van der Waals surface area contributed by atoms with Crippen LogP contribution in [0.1, 0.15) is 28.6 Å². The number of hydrogen-bond donors (Lipinski definition) is 2. The van der Waals surface area contributed by atoms with Crippen molar-refractivity contribution in [2.75, 3.05) is 12.4 Å². The number of aromatic nitrogens is 2. The third-order valence-corrected chi connectivity index (χ3v) is 6.42. The molecular weight excluding hydrogens is 446 g/mol. The van der Waals surface area contributed by atoms with Gasteiger partial charge in [0.1, 0.15) is 10.8 Å². The Morgan fingerprint density at radius 3 is 2.69 bits per heavy atom. The fourth-order valence-electron chi connectivity index (χ4n) is 2.81. The molecule has 3 rings (SSSR count). The third kappa shape index (κ3) is 6.38. The number of carbonyl (C=O) groups is 2. The zero-order valence-corrected chi connectivity index (χ0v) is 19.5. The van der Waals surface area contributed by atoms with Crippen molar-refractivity contribution in [2.24, 2.45) is 5.10 Å². The number of amides is 2. The summed E-state index contributed by atoms with van der Waals surface area (Å²) in [7, 11) is 1.61. The maximum Gasteiger partial charge on any atom is 0.329 e. The number of nitrogens with zero attached hydrogens (tertiary/aromatic N) is 3. The van der Waals surface area contributed by atoms with Gasteiger partial charge in [0.15, 0.2) is 4.34 Å². The summed E-state index contributed by atoms with van der Waals surface area (Å²) in [5.41, 5.74) is 5.53. The first-order valence-electron chi connectivity index (χ1n) is 9.82. The molecule has 0 aliphatic carbocycles. The zero-order valence-electron chi connectivity index (χ0n) is 17.9. The number of aryl methyl sites for hydroxylation is 2. The van der Waals surface area contributed by atoms with E-state index in [4.69, 9.17) is 4.74 Å². The van der Waals surface area contributed by atoms with Gasteiger partial charge in [0, 0.05) is 17.0 Å². The number of rotatable bonds is 8. The first-order chi connectivity index (χ1) is 15.5. The molecule has 8 nitrogen and oxygen atoms in total. The molecule has 0 radical (unpaired) electrons. The van der Waals surface area contributed by atoms with Crippen LogP contribution in [-0.2, 0) is 21.8 Å². The number of hydrogen-bond acceptors (Lipinski definition) is 8. The summed E-state index contributed by atoms with van der Waals surface area (Å²) < 4.78 is 6.31. The standard InChI is InChI=1S/C22H23N5O3S2/c1-4-16-7-5-6-8-18(16)24-20(28)21(29)26-23-12-15-9-10-19(30-3)17(11-15)13-31-22-27-25-14(2)32-22/h5-12H,4,13H2,1-3H3,(H,24,28)(H,26,29). The lowest BCUT2D eigenvalue weighted by atomic mass is 10.1. The number of benzene rings is 2. The Hall–Kier alpha value is -3.24. The van der Waals surface area contributed by atoms with Gasteiger partial charge >= 0.3 is 11.8 Å². The van der Waals surface area contributed by atoms with Crippen LogP contribution in [0.3, 0.4) is 0 Å². The Bertz CT molecular complexity index is 1130. The first kappa shape index (κ1) is 23.4. The molecule has 166 valence electrons. The number of methoxy groups -OCH3 is 1. The minimum atomic E-state index is -0.844. The van der Waals surface area contributed by atoms with Gasteiger partial charge in [0.25, 0.3) is 0 Å². The molecule has 1 aromatic heterocycles. The van der Waals surface area contributed by atoms with Gasteiger partial charge in [0.2, 0.25) is 0 Å². The molecule has 0 atom stereocenters. The molecular formula is C22H23N5O3S2. The second kappa shape index (κ2) is 11.4. The summed E-state index contributed by atoms with van der Waals surface area (Å²) >= 11 is 3.10. The highest BCUT2D eigenvalue weighted by molar-refractivity contribution is 8.00. The highest BCUT2D eigenvalue weighted by Crippen LogP contribution is 2.30. The number of thioether (sulfide) groups is 1. The molecule has 10 heteroatoms. The number of para-hydroxylation sites is 1. The minimum absolute atomic E-state index is 0.613. The number of ether oxygens (including phenoxy) is 1. The van der Waals surface area contributed by atoms with E-state index in [2.05, 4.69) is 26.0 Å². The van der Waals surface area contributed by atoms with Gasteiger partial charge in [-0.3, -0.25) is 9.59 Å². The molecule has 0 saturated carbocycles. The second-order valence-corrected chi connectivity index (χ2v) is 9.02. The third-order valence-electron chi connectivity index (χ3n) is 4.40. The van der Waals surface area contributed by atoms with Crippen LogP contribution >= 0.6 is 23.1 Å². The monoisotopic (exact) mass is 469 g/mol. The van der Waals surface area contributed by atoms with Crippen LogP contribution < -0.4 is 15.5 Å². The average Bonchev–Trinajstić information content (AvgIpc) is 3.23. The minimum Gasteiger partial charge on any atom is -0.496 e. The Balaban J connectivity index is 1.60. The Morgan fingerprint density at radius 1 is 1.16 bits per heavy atom. The van der Waals surface area contributed by atoms with Crippen molar-refractivity contribution in [1.82, 2.24) is 15.6 Å². The van der Waals surface area contributed by atoms with Gasteiger partial charge < -0.3 is 10.1 Å². The number of carbonyl (C=O) groups excluding carboxylic acids is 2. The summed E-state index contributed by atoms with van der Waals surface area (Å²) in [5.74, 6) is -0.232. The van der Waals surface area contributed by atoms with Crippen LogP contribution in [0, 0.1) is 6.92 Å². The van der Waals surface area contributed by atoms with E-state index in [-0.39, 0.29) is 0 Å². The van der Waals surface area contributed by atoms with Crippen molar-refractivity contribution in [2.45, 2.75) is 30.4 Å². The smallest absolute Gasteiger partial charge is 0.329 e. The number of anilines is 1. The van der Waals surface area contributed by atoms with E-state index in [0.29, 0.717) is 11.4 Å². The molecule has 1 heterocycles. The molecule has 2 N–H and O–H groups in total. The number of hydrazone groups is 1. The normalized spacial score (nSPS) is 10.8. The SMILES string of the molecule is CCc1ccccc1NC(=O)C(=O)NN=Cc1ccc(OC)c(CSc2nnc(C)s2)c1. The van der Waals surface area contributed by atoms with Gasteiger partial charge in [-0.1, -0.05) is 48.2 Å². The highest BCUT2D eigenvalue weighted by atomic mass is 32.2. The predicted molar refractivity (Wildman–Crippen MR) is 127 cm³/mol. The van der Waals surface area contributed by atoms with Crippen LogP contribution in [0.4, 0.5) is 5.69 Å². The van der Waals surface area contributed by atoms with Crippen molar-refractivity contribution >= 4 is 46.8 Å². The summed E-state index contributed by atoms with van der Waals surface area (Å²) in [6.07, 6.45) is 2.22. The lowest BCUT2D eigenvalue weighted by Gasteiger charge is -2.09. The van der Waals surface area contributed by atoms with E-state index in [1.807, 2.05) is 44.2 Å². The maximum absolute atomic E-state index is 12.2. The first-order valence-corrected chi connectivity index (χ1v) is 11.6. The van der Waals surface area contributed by atoms with Gasteiger partial charge in [-0.15, -0.1) is 10.2 Å². The highest BCUT2D eigenvalue weighted by Gasteiger charge is 2.14. The molecule has 0 bridgehead atoms. The molecule has 0 saturated heterocycles. The Labute approximate surface area is 194 Å². The molecule has 0 aliphatic heterocycles. The number of nitrogens with one attached hydrogen (secondary N) is 2. The largest absolute Gasteiger partial charge is 0.496 e. The van der Waals surface area contributed by atoms with Crippen molar-refractivity contribution in [3.8, 4) is 5.75 Å². The average molecular weight is 470 g/mol. The molecule has 0 aliphatic rings. The van der Waals surface area contributed by atoms with E-state index in [1.54, 1.807) is 31.0 Å². The molecule has 3 aromatic rings. The Kier molecular flexibility index (Phi) is 8.34. The summed E-state index contributed by atoms with van der Waals surface area (Å²) in [6.45, 7) is 3.89. The van der Waals surface area contributed by atoms with E-state index in [0.717, 1.165) is 38.2 Å². The molecule has 0 unspecified atom stereocenters. The lowest BCUT2D eigenvalue weighted by molar-refractivity contribution is -0.136. The molecule has 2 aromatic carbocycles. The van der Waals surface area contributed by atoms with Crippen molar-refractivity contribution in [3.05, 3.63) is 64.2 Å². The van der Waals surface area contributed by atoms with Crippen LogP contribution in [0.5, 0.6) is 5.75 Å². The topological polar surface area (TPSA) is 106 Å². The van der Waals surface area contributed by atoms with Gasteiger partial charge in [0.05, 0.1) is 13.3 Å². The Morgan fingerprint density at radius 2 is 1.97 bits per heavy atom. The van der Waals surface area contributed by atoms with E-state index >= 15 is 0 Å². The summed E-state index contributed by atoms with van der Waals surface area (Å²) in [6, 6.07) is 12.9. The van der Waals surface area contributed by atoms with Crippen molar-refractivity contribution in [1.29, 1.82) is 0 Å². The van der Waals surface area contributed by atoms with Crippen LogP contribution in [-0.4, -0.2) is 35.3 Å². The second-order valence-electron chi connectivity index (χ2n) is 6.61. The van der Waals surface area contributed by atoms with Crippen LogP contribution in [0.2, 0.25) is 0 Å². The van der Waals surface area contributed by atoms with Crippen molar-refractivity contribution in [3.63, 3.8) is 0 Å². The molecule has 0 spiro atoms. The van der Waals surface area contributed by atoms with Crippen molar-refractivity contribution < 1.29 is 14.3 Å². The van der Waals surface area contributed by atoms with Gasteiger partial charge in [-0.2, -0.15) is 5.10 Å². The maximum atomic E-state index is 12.2. The predicted octanol–water partition coefficient (Wildman–Crippen LogP) is 3.80. The quantitative estimate of drug-likeness (QED) is 0.225. The van der Waals surface area contributed by atoms with Crippen LogP contribution in [0.25, 0.3) is 0 Å². The van der Waals surface area contributed by atoms with Gasteiger partial charge in [-0.05, 0) is 48.7 Å². The molecule has 0 fully saturated rings. The summed E-state index contributed by atoms with van der Waals surface area (Å²) in [5, 5.41) is 15.6. The molecule has 2 amide bonds. The lowest BCUT2D eigenvalue weighted by Crippen LogP contribution is -2.32. The van der Waals surface area contributed by atoms with Gasteiger partial charge in [-0.25, -0.2) is 5.43 Å². The molecule has 32 heavy (non-hydrogen) atoms. The van der Waals surface area contributed by atoms with E-state index < -0.39 is 11.8 Å². The van der Waals surface area contributed by atoms with E-state index in [1.165, 1.54) is 17.6 Å². The van der Waals surface area contributed by atoms with E-state index in [9.17, 15) is 9.59 Å². The fraction of sp³-hybridized carbons (Fsp3) is 0.227. The van der Waals surface area contributed by atoms with Crippen LogP contribution in [0.15, 0.2) is 51.9 Å².